The first-order valence-electron chi connectivity index (χ1n) is 8.45. The summed E-state index contributed by atoms with van der Waals surface area (Å²) in [6, 6.07) is 7.22. The third-order valence-electron chi connectivity index (χ3n) is 4.08. The van der Waals surface area contributed by atoms with E-state index in [4.69, 9.17) is 19.3 Å². The molecule has 0 spiro atoms. The minimum atomic E-state index is -1.68. The lowest BCUT2D eigenvalue weighted by molar-refractivity contribution is -0.301. The molecule has 2 rings (SSSR count). The van der Waals surface area contributed by atoms with Gasteiger partial charge in [-0.05, 0) is 5.56 Å². The van der Waals surface area contributed by atoms with Crippen molar-refractivity contribution in [2.24, 2.45) is 0 Å². The van der Waals surface area contributed by atoms with Gasteiger partial charge in [-0.25, -0.2) is 9.59 Å². The molecule has 0 saturated carbocycles. The van der Waals surface area contributed by atoms with E-state index in [2.05, 4.69) is 5.32 Å². The number of aliphatic hydroxyl groups is 4. The van der Waals surface area contributed by atoms with E-state index in [1.165, 1.54) is 0 Å². The van der Waals surface area contributed by atoms with Gasteiger partial charge in [0.1, 0.15) is 31.0 Å². The van der Waals surface area contributed by atoms with E-state index < -0.39 is 62.0 Å². The highest BCUT2D eigenvalue weighted by atomic mass is 16.7. The highest BCUT2D eigenvalue weighted by Gasteiger charge is 2.44. The fourth-order valence-electron chi connectivity index (χ4n) is 2.48. The zero-order valence-electron chi connectivity index (χ0n) is 14.7. The number of carbonyl (C=O) groups is 2. The Kier molecular flexibility index (Phi) is 8.11. The van der Waals surface area contributed by atoms with Crippen molar-refractivity contribution in [3.05, 3.63) is 35.9 Å². The van der Waals surface area contributed by atoms with E-state index in [0.29, 0.717) is 5.56 Å². The molecule has 1 aromatic carbocycles. The van der Waals surface area contributed by atoms with E-state index in [9.17, 15) is 30.0 Å². The van der Waals surface area contributed by atoms with Crippen molar-refractivity contribution >= 4 is 12.1 Å². The van der Waals surface area contributed by atoms with Crippen LogP contribution in [-0.4, -0.2) is 87.6 Å². The second-order valence-corrected chi connectivity index (χ2v) is 6.13. The Balaban J connectivity index is 1.86. The molecule has 11 heteroatoms. The van der Waals surface area contributed by atoms with Crippen LogP contribution in [0.25, 0.3) is 0 Å². The molecule has 1 aliphatic heterocycles. The predicted octanol–water partition coefficient (Wildman–Crippen LogP) is -1.82. The Bertz CT molecular complexity index is 640. The van der Waals surface area contributed by atoms with Gasteiger partial charge < -0.3 is 45.1 Å². The van der Waals surface area contributed by atoms with Gasteiger partial charge >= 0.3 is 12.1 Å². The summed E-state index contributed by atoms with van der Waals surface area (Å²) < 4.78 is 15.2. The number of benzene rings is 1. The lowest BCUT2D eigenvalue weighted by atomic mass is 9.99. The van der Waals surface area contributed by atoms with Crippen LogP contribution >= 0.6 is 0 Å². The minimum Gasteiger partial charge on any atom is -0.480 e. The summed E-state index contributed by atoms with van der Waals surface area (Å²) in [7, 11) is 0. The maximum atomic E-state index is 11.8. The SMILES string of the molecule is O=C(NC(CO[C@@H]1O[C@H](CO)[C@H](O)[C@H](O)[C@H]1O)C(=O)O)OCc1ccccc1. The van der Waals surface area contributed by atoms with Gasteiger partial charge in [0, 0.05) is 0 Å². The molecule has 1 unspecified atom stereocenters. The van der Waals surface area contributed by atoms with Crippen molar-refractivity contribution in [3.8, 4) is 0 Å². The molecule has 28 heavy (non-hydrogen) atoms. The average molecular weight is 401 g/mol. The van der Waals surface area contributed by atoms with Crippen LogP contribution < -0.4 is 5.32 Å². The zero-order chi connectivity index (χ0) is 20.7. The Hall–Kier alpha value is -2.28. The molecule has 1 heterocycles. The van der Waals surface area contributed by atoms with Crippen LogP contribution in [0.2, 0.25) is 0 Å². The quantitative estimate of drug-likeness (QED) is 0.291. The first-order valence-corrected chi connectivity index (χ1v) is 8.45. The zero-order valence-corrected chi connectivity index (χ0v) is 14.7. The summed E-state index contributed by atoms with van der Waals surface area (Å²) in [5, 5.41) is 49.7. The lowest BCUT2D eigenvalue weighted by Crippen LogP contribution is -2.59. The summed E-state index contributed by atoms with van der Waals surface area (Å²) in [5.74, 6) is -1.43. The first kappa shape index (κ1) is 22.0. The smallest absolute Gasteiger partial charge is 0.408 e. The van der Waals surface area contributed by atoms with Crippen molar-refractivity contribution in [2.75, 3.05) is 13.2 Å². The number of aliphatic carboxylic acids is 1. The standard InChI is InChI=1S/C17H23NO10/c19-6-11-12(20)13(21)14(22)16(28-11)26-8-10(15(23)24)18-17(25)27-7-9-4-2-1-3-5-9/h1-5,10-14,16,19-22H,6-8H2,(H,18,25)(H,23,24)/t10?,11-,12+,13+,14-,16-/m1/s1. The monoisotopic (exact) mass is 401 g/mol. The summed E-state index contributed by atoms with van der Waals surface area (Å²) in [5.41, 5.74) is 0.710. The number of carboxylic acid groups (broad SMARTS) is 1. The number of carbonyl (C=O) groups excluding carboxylic acids is 1. The number of hydrogen-bond donors (Lipinski definition) is 6. The van der Waals surface area contributed by atoms with Crippen LogP contribution in [0.1, 0.15) is 5.56 Å². The van der Waals surface area contributed by atoms with Crippen LogP contribution in [0.15, 0.2) is 30.3 Å². The lowest BCUT2D eigenvalue weighted by Gasteiger charge is -2.39. The third-order valence-corrected chi connectivity index (χ3v) is 4.08. The van der Waals surface area contributed by atoms with E-state index in [1.807, 2.05) is 0 Å². The first-order chi connectivity index (χ1) is 13.3. The molecule has 1 fully saturated rings. The molecule has 0 bridgehead atoms. The average Bonchev–Trinajstić information content (AvgIpc) is 2.69. The molecule has 0 aromatic heterocycles. The van der Waals surface area contributed by atoms with E-state index in [-0.39, 0.29) is 6.61 Å². The van der Waals surface area contributed by atoms with Crippen LogP contribution in [-0.2, 0) is 25.6 Å². The number of aliphatic hydroxyl groups excluding tert-OH is 4. The maximum Gasteiger partial charge on any atom is 0.408 e. The number of amides is 1. The van der Waals surface area contributed by atoms with Crippen LogP contribution in [0.3, 0.4) is 0 Å². The van der Waals surface area contributed by atoms with Gasteiger partial charge in [0.05, 0.1) is 13.2 Å². The van der Waals surface area contributed by atoms with Gasteiger partial charge in [-0.2, -0.15) is 0 Å². The fraction of sp³-hybridized carbons (Fsp3) is 0.529. The molecule has 6 N–H and O–H groups in total. The molecule has 1 saturated heterocycles. The molecule has 11 nitrogen and oxygen atoms in total. The van der Waals surface area contributed by atoms with Crippen LogP contribution in [0, 0.1) is 0 Å². The molecule has 6 atom stereocenters. The van der Waals surface area contributed by atoms with Crippen LogP contribution in [0.5, 0.6) is 0 Å². The van der Waals surface area contributed by atoms with E-state index >= 15 is 0 Å². The molecule has 0 aliphatic carbocycles. The predicted molar refractivity (Wildman–Crippen MR) is 90.9 cm³/mol. The molecular weight excluding hydrogens is 378 g/mol. The molecule has 0 radical (unpaired) electrons. The molecule has 1 aromatic rings. The second-order valence-electron chi connectivity index (χ2n) is 6.13. The summed E-state index contributed by atoms with van der Waals surface area (Å²) >= 11 is 0. The molecular formula is C17H23NO10. The molecule has 156 valence electrons. The minimum absolute atomic E-state index is 0.0629. The fourth-order valence-corrected chi connectivity index (χ4v) is 2.48. The van der Waals surface area contributed by atoms with Gasteiger partial charge in [0.2, 0.25) is 0 Å². The van der Waals surface area contributed by atoms with Crippen molar-refractivity contribution in [3.63, 3.8) is 0 Å². The highest BCUT2D eigenvalue weighted by molar-refractivity contribution is 5.80. The van der Waals surface area contributed by atoms with Gasteiger partial charge in [0.15, 0.2) is 12.3 Å². The Labute approximate surface area is 160 Å². The van der Waals surface area contributed by atoms with Crippen LogP contribution in [0.4, 0.5) is 4.79 Å². The normalized spacial score (nSPS) is 28.4. The van der Waals surface area contributed by atoms with Crippen molar-refractivity contribution in [1.29, 1.82) is 0 Å². The highest BCUT2D eigenvalue weighted by Crippen LogP contribution is 2.22. The number of hydrogen-bond acceptors (Lipinski definition) is 9. The Morgan fingerprint density at radius 1 is 1.11 bits per heavy atom. The van der Waals surface area contributed by atoms with Crippen molar-refractivity contribution < 1.29 is 49.3 Å². The summed E-state index contributed by atoms with van der Waals surface area (Å²) in [6.07, 6.45) is -8.62. The van der Waals surface area contributed by atoms with Crippen molar-refractivity contribution in [1.82, 2.24) is 5.32 Å². The van der Waals surface area contributed by atoms with Gasteiger partial charge in [-0.1, -0.05) is 30.3 Å². The van der Waals surface area contributed by atoms with E-state index in [1.54, 1.807) is 30.3 Å². The number of rotatable bonds is 8. The number of nitrogens with one attached hydrogen (secondary N) is 1. The van der Waals surface area contributed by atoms with E-state index in [0.717, 1.165) is 0 Å². The summed E-state index contributed by atoms with van der Waals surface area (Å²) in [6.45, 7) is -1.34. The van der Waals surface area contributed by atoms with Gasteiger partial charge in [-0.3, -0.25) is 0 Å². The number of ether oxygens (including phenoxy) is 3. The topological polar surface area (TPSA) is 175 Å². The van der Waals surface area contributed by atoms with Gasteiger partial charge in [0.25, 0.3) is 0 Å². The third kappa shape index (κ3) is 5.86. The van der Waals surface area contributed by atoms with Crippen molar-refractivity contribution in [2.45, 2.75) is 43.4 Å². The number of alkyl carbamates (subject to hydrolysis) is 1. The van der Waals surface area contributed by atoms with Gasteiger partial charge in [-0.15, -0.1) is 0 Å². The molecule has 1 aliphatic rings. The largest absolute Gasteiger partial charge is 0.480 e. The summed E-state index contributed by atoms with van der Waals surface area (Å²) in [4.78, 5) is 23.1. The molecule has 1 amide bonds. The second kappa shape index (κ2) is 10.3. The maximum absolute atomic E-state index is 11.8. The number of carboxylic acids is 1. The Morgan fingerprint density at radius 2 is 1.79 bits per heavy atom. The Morgan fingerprint density at radius 3 is 2.39 bits per heavy atom.